The summed E-state index contributed by atoms with van der Waals surface area (Å²) in [4.78, 5) is 0. The smallest absolute Gasteiger partial charge is 0.0839 e. The highest BCUT2D eigenvalue weighted by Crippen LogP contribution is 2.27. The first kappa shape index (κ1) is 14.1. The number of aromatic nitrogens is 2. The predicted octanol–water partition coefficient (Wildman–Crippen LogP) is 4.35. The minimum atomic E-state index is 0.288. The van der Waals surface area contributed by atoms with Crippen molar-refractivity contribution in [2.75, 3.05) is 6.54 Å². The molecule has 1 aromatic heterocycles. The fourth-order valence-electron chi connectivity index (χ4n) is 2.55. The van der Waals surface area contributed by atoms with Crippen molar-refractivity contribution in [2.24, 2.45) is 0 Å². The van der Waals surface area contributed by atoms with Crippen molar-refractivity contribution >= 4 is 22.5 Å². The summed E-state index contributed by atoms with van der Waals surface area (Å²) in [6.45, 7) is 5.17. The van der Waals surface area contributed by atoms with Crippen LogP contribution in [0.3, 0.4) is 0 Å². The second-order valence-corrected chi connectivity index (χ2v) is 5.51. The zero-order valence-electron chi connectivity index (χ0n) is 12.2. The molecule has 0 saturated carbocycles. The van der Waals surface area contributed by atoms with E-state index in [4.69, 9.17) is 11.6 Å². The van der Waals surface area contributed by atoms with Crippen molar-refractivity contribution in [1.29, 1.82) is 0 Å². The van der Waals surface area contributed by atoms with Crippen molar-refractivity contribution in [3.05, 3.63) is 59.2 Å². The van der Waals surface area contributed by atoms with Crippen LogP contribution in [0.15, 0.2) is 48.7 Å². The highest BCUT2D eigenvalue weighted by Gasteiger charge is 2.11. The summed E-state index contributed by atoms with van der Waals surface area (Å²) in [5.41, 5.74) is 3.15. The average molecular weight is 300 g/mol. The first-order valence-corrected chi connectivity index (χ1v) is 7.54. The Morgan fingerprint density at radius 3 is 2.81 bits per heavy atom. The van der Waals surface area contributed by atoms with E-state index in [1.54, 1.807) is 0 Å². The van der Waals surface area contributed by atoms with Crippen LogP contribution in [0.5, 0.6) is 0 Å². The van der Waals surface area contributed by atoms with Crippen molar-refractivity contribution in [3.63, 3.8) is 0 Å². The number of hydrogen-bond acceptors (Lipinski definition) is 2. The Hall–Kier alpha value is -1.84. The number of nitrogens with zero attached hydrogens (tertiary/aromatic N) is 2. The minimum Gasteiger partial charge on any atom is -0.310 e. The number of nitrogens with one attached hydrogen (secondary N) is 1. The van der Waals surface area contributed by atoms with Gasteiger partial charge in [0.1, 0.15) is 0 Å². The summed E-state index contributed by atoms with van der Waals surface area (Å²) >= 11 is 6.48. The van der Waals surface area contributed by atoms with Gasteiger partial charge in [0.05, 0.1) is 22.4 Å². The maximum Gasteiger partial charge on any atom is 0.0839 e. The maximum absolute atomic E-state index is 6.48. The topological polar surface area (TPSA) is 29.9 Å². The molecule has 108 valence electrons. The summed E-state index contributed by atoms with van der Waals surface area (Å²) in [6, 6.07) is 14.6. The first-order valence-electron chi connectivity index (χ1n) is 7.16. The van der Waals surface area contributed by atoms with Gasteiger partial charge < -0.3 is 5.32 Å². The Morgan fingerprint density at radius 1 is 1.24 bits per heavy atom. The summed E-state index contributed by atoms with van der Waals surface area (Å²) in [7, 11) is 0. The molecule has 4 heteroatoms. The van der Waals surface area contributed by atoms with Crippen molar-refractivity contribution in [2.45, 2.75) is 19.9 Å². The maximum atomic E-state index is 6.48. The van der Waals surface area contributed by atoms with E-state index in [0.717, 1.165) is 23.1 Å². The molecule has 1 unspecified atom stereocenters. The normalized spacial score (nSPS) is 12.7. The third-order valence-corrected chi connectivity index (χ3v) is 3.99. The molecular weight excluding hydrogens is 282 g/mol. The Morgan fingerprint density at radius 2 is 2.05 bits per heavy atom. The molecule has 0 bridgehead atoms. The van der Waals surface area contributed by atoms with Gasteiger partial charge in [-0.25, -0.2) is 4.68 Å². The lowest BCUT2D eigenvalue weighted by atomic mass is 10.1. The van der Waals surface area contributed by atoms with Crippen LogP contribution in [0, 0.1) is 0 Å². The van der Waals surface area contributed by atoms with Crippen LogP contribution in [-0.2, 0) is 0 Å². The van der Waals surface area contributed by atoms with Gasteiger partial charge >= 0.3 is 0 Å². The molecule has 0 saturated heterocycles. The average Bonchev–Trinajstić information content (AvgIpc) is 2.91. The molecule has 1 atom stereocenters. The summed E-state index contributed by atoms with van der Waals surface area (Å²) in [5, 5.41) is 9.67. The van der Waals surface area contributed by atoms with Crippen LogP contribution in [0.4, 0.5) is 0 Å². The zero-order chi connectivity index (χ0) is 14.8. The molecule has 3 nitrogen and oxygen atoms in total. The molecule has 2 aromatic carbocycles. The van der Waals surface area contributed by atoms with Gasteiger partial charge in [-0.05, 0) is 37.2 Å². The molecule has 0 aliphatic rings. The number of fused-ring (bicyclic) bond motifs is 1. The number of para-hydroxylation sites is 1. The highest BCUT2D eigenvalue weighted by atomic mass is 35.5. The second kappa shape index (κ2) is 5.88. The third kappa shape index (κ3) is 2.67. The van der Waals surface area contributed by atoms with Crippen LogP contribution in [0.2, 0.25) is 5.02 Å². The quantitative estimate of drug-likeness (QED) is 0.776. The van der Waals surface area contributed by atoms with Crippen molar-refractivity contribution in [1.82, 2.24) is 15.1 Å². The van der Waals surface area contributed by atoms with Gasteiger partial charge in [-0.1, -0.05) is 42.8 Å². The monoisotopic (exact) mass is 299 g/mol. The molecule has 3 aromatic rings. The second-order valence-electron chi connectivity index (χ2n) is 5.11. The van der Waals surface area contributed by atoms with E-state index >= 15 is 0 Å². The zero-order valence-corrected chi connectivity index (χ0v) is 12.9. The number of rotatable bonds is 4. The fourth-order valence-corrected chi connectivity index (χ4v) is 2.82. The summed E-state index contributed by atoms with van der Waals surface area (Å²) in [5.74, 6) is 0. The molecular formula is C17H18ClN3. The number of hydrogen-bond donors (Lipinski definition) is 1. The molecule has 0 radical (unpaired) electrons. The van der Waals surface area contributed by atoms with E-state index in [9.17, 15) is 0 Å². The van der Waals surface area contributed by atoms with E-state index in [1.807, 2.05) is 47.3 Å². The van der Waals surface area contributed by atoms with Crippen LogP contribution in [0.25, 0.3) is 16.6 Å². The predicted molar refractivity (Wildman–Crippen MR) is 88.2 cm³/mol. The lowest BCUT2D eigenvalue weighted by molar-refractivity contribution is 0.598. The Labute approximate surface area is 129 Å². The molecule has 1 N–H and O–H groups in total. The number of halogens is 1. The first-order chi connectivity index (χ1) is 10.2. The third-order valence-electron chi connectivity index (χ3n) is 3.69. The van der Waals surface area contributed by atoms with E-state index in [0.29, 0.717) is 5.02 Å². The van der Waals surface area contributed by atoms with E-state index in [1.165, 1.54) is 5.56 Å². The van der Waals surface area contributed by atoms with Gasteiger partial charge in [0.25, 0.3) is 0 Å². The van der Waals surface area contributed by atoms with Crippen molar-refractivity contribution < 1.29 is 0 Å². The molecule has 0 aliphatic carbocycles. The van der Waals surface area contributed by atoms with Crippen LogP contribution < -0.4 is 5.32 Å². The van der Waals surface area contributed by atoms with Crippen LogP contribution in [-0.4, -0.2) is 16.3 Å². The van der Waals surface area contributed by atoms with Gasteiger partial charge in [0.2, 0.25) is 0 Å². The van der Waals surface area contributed by atoms with Crippen molar-refractivity contribution in [3.8, 4) is 5.69 Å². The molecule has 0 amide bonds. The lowest BCUT2D eigenvalue weighted by Gasteiger charge is -2.14. The van der Waals surface area contributed by atoms with Gasteiger partial charge in [-0.2, -0.15) is 5.10 Å². The summed E-state index contributed by atoms with van der Waals surface area (Å²) < 4.78 is 1.89. The SMILES string of the molecule is CCNC(C)c1ccc(-n2ncc3ccccc32)c(Cl)c1. The Balaban J connectivity index is 2.03. The molecule has 21 heavy (non-hydrogen) atoms. The van der Waals surface area contributed by atoms with Gasteiger partial charge in [-0.15, -0.1) is 0 Å². The standard InChI is InChI=1S/C17H18ClN3/c1-3-19-12(2)13-8-9-17(15(18)10-13)21-16-7-5-4-6-14(16)11-20-21/h4-12,19H,3H2,1-2H3. The van der Waals surface area contributed by atoms with E-state index in [2.05, 4.69) is 30.3 Å². The van der Waals surface area contributed by atoms with Gasteiger partial charge in [0, 0.05) is 11.4 Å². The minimum absolute atomic E-state index is 0.288. The molecule has 3 rings (SSSR count). The van der Waals surface area contributed by atoms with Crippen LogP contribution >= 0.6 is 11.6 Å². The molecule has 0 spiro atoms. The summed E-state index contributed by atoms with van der Waals surface area (Å²) in [6.07, 6.45) is 1.86. The van der Waals surface area contributed by atoms with Gasteiger partial charge in [0.15, 0.2) is 0 Å². The Kier molecular flexibility index (Phi) is 3.95. The molecule has 0 aliphatic heterocycles. The largest absolute Gasteiger partial charge is 0.310 e. The van der Waals surface area contributed by atoms with E-state index < -0.39 is 0 Å². The van der Waals surface area contributed by atoms with Gasteiger partial charge in [-0.3, -0.25) is 0 Å². The highest BCUT2D eigenvalue weighted by molar-refractivity contribution is 6.32. The van der Waals surface area contributed by atoms with E-state index in [-0.39, 0.29) is 6.04 Å². The van der Waals surface area contributed by atoms with Crippen LogP contribution in [0.1, 0.15) is 25.5 Å². The number of benzene rings is 2. The molecule has 1 heterocycles. The Bertz CT molecular complexity index is 764. The fraction of sp³-hybridized carbons (Fsp3) is 0.235. The molecule has 0 fully saturated rings. The lowest BCUT2D eigenvalue weighted by Crippen LogP contribution is -2.17.